The van der Waals surface area contributed by atoms with Gasteiger partial charge < -0.3 is 15.7 Å². The summed E-state index contributed by atoms with van der Waals surface area (Å²) in [6, 6.07) is 9.70. The number of nitrogens with one attached hydrogen (secondary N) is 2. The fourth-order valence-electron chi connectivity index (χ4n) is 2.59. The molecule has 0 saturated carbocycles. The van der Waals surface area contributed by atoms with Crippen LogP contribution in [-0.2, 0) is 12.0 Å². The van der Waals surface area contributed by atoms with Crippen molar-refractivity contribution in [1.29, 1.82) is 0 Å². The summed E-state index contributed by atoms with van der Waals surface area (Å²) in [5.74, 6) is 1.58. The molecule has 0 bridgehead atoms. The van der Waals surface area contributed by atoms with Gasteiger partial charge in [0.05, 0.1) is 6.54 Å². The minimum Gasteiger partial charge on any atom is -0.383 e. The maximum Gasteiger partial charge on any atom is 0.191 e. The zero-order valence-corrected chi connectivity index (χ0v) is 15.8. The smallest absolute Gasteiger partial charge is 0.191 e. The lowest BCUT2D eigenvalue weighted by Gasteiger charge is -2.20. The van der Waals surface area contributed by atoms with E-state index in [1.807, 2.05) is 53.2 Å². The third kappa shape index (κ3) is 4.39. The second-order valence-corrected chi connectivity index (χ2v) is 7.12. The summed E-state index contributed by atoms with van der Waals surface area (Å²) < 4.78 is 1.98. The van der Waals surface area contributed by atoms with Crippen LogP contribution in [0, 0.1) is 0 Å². The summed E-state index contributed by atoms with van der Waals surface area (Å²) in [5.41, 5.74) is -0.130. The number of aliphatic hydroxyl groups is 1. The zero-order valence-electron chi connectivity index (χ0n) is 15.0. The molecule has 0 aliphatic rings. The fraction of sp³-hybridized carbons (Fsp3) is 0.389. The van der Waals surface area contributed by atoms with E-state index in [1.54, 1.807) is 6.92 Å². The maximum atomic E-state index is 10.6. The van der Waals surface area contributed by atoms with Crippen LogP contribution >= 0.6 is 11.3 Å². The lowest BCUT2D eigenvalue weighted by Crippen LogP contribution is -2.39. The fourth-order valence-corrected chi connectivity index (χ4v) is 3.37. The lowest BCUT2D eigenvalue weighted by atomic mass is 10.1. The number of thiophene rings is 1. The summed E-state index contributed by atoms with van der Waals surface area (Å²) in [7, 11) is 0. The van der Waals surface area contributed by atoms with Gasteiger partial charge in [0.2, 0.25) is 0 Å². The van der Waals surface area contributed by atoms with Crippen LogP contribution < -0.4 is 10.6 Å². The Labute approximate surface area is 156 Å². The van der Waals surface area contributed by atoms with Crippen LogP contribution in [0.2, 0.25) is 0 Å². The van der Waals surface area contributed by atoms with Crippen LogP contribution in [0.4, 0.5) is 0 Å². The topological polar surface area (TPSA) is 86.8 Å². The number of nitrogens with zero attached hydrogens (tertiary/aromatic N) is 4. The number of pyridine rings is 1. The molecule has 0 saturated heterocycles. The van der Waals surface area contributed by atoms with Gasteiger partial charge in [0.1, 0.15) is 11.4 Å². The molecule has 3 heterocycles. The minimum atomic E-state index is -0.972. The van der Waals surface area contributed by atoms with Crippen molar-refractivity contribution in [3.8, 4) is 0 Å². The SMILES string of the molecule is CCNC(=NCC(C)(O)c1cccs1)NCCc1nnc2ccccn12. The Kier molecular flexibility index (Phi) is 5.85. The van der Waals surface area contributed by atoms with Crippen LogP contribution in [0.15, 0.2) is 46.9 Å². The minimum absolute atomic E-state index is 0.288. The first-order valence-corrected chi connectivity index (χ1v) is 9.55. The van der Waals surface area contributed by atoms with Gasteiger partial charge in [-0.1, -0.05) is 12.1 Å². The van der Waals surface area contributed by atoms with Crippen LogP contribution in [0.5, 0.6) is 0 Å². The Morgan fingerprint density at radius 2 is 2.15 bits per heavy atom. The van der Waals surface area contributed by atoms with E-state index in [1.165, 1.54) is 11.3 Å². The van der Waals surface area contributed by atoms with Gasteiger partial charge in [-0.2, -0.15) is 0 Å². The highest BCUT2D eigenvalue weighted by Crippen LogP contribution is 2.25. The maximum absolute atomic E-state index is 10.6. The Hall–Kier alpha value is -2.45. The van der Waals surface area contributed by atoms with Crippen LogP contribution in [-0.4, -0.2) is 45.3 Å². The summed E-state index contributed by atoms with van der Waals surface area (Å²) in [6.45, 7) is 5.51. The Bertz CT molecular complexity index is 856. The zero-order chi connectivity index (χ0) is 18.4. The first kappa shape index (κ1) is 18.3. The normalized spacial score (nSPS) is 14.3. The molecule has 0 spiro atoms. The van der Waals surface area contributed by atoms with Crippen molar-refractivity contribution in [2.75, 3.05) is 19.6 Å². The Morgan fingerprint density at radius 1 is 1.27 bits per heavy atom. The average Bonchev–Trinajstić information content (AvgIpc) is 3.30. The van der Waals surface area contributed by atoms with Crippen molar-refractivity contribution in [3.63, 3.8) is 0 Å². The number of hydrogen-bond donors (Lipinski definition) is 3. The number of aromatic nitrogens is 3. The van der Waals surface area contributed by atoms with E-state index in [0.717, 1.165) is 29.3 Å². The lowest BCUT2D eigenvalue weighted by molar-refractivity contribution is 0.0711. The molecule has 0 fully saturated rings. The molecule has 26 heavy (non-hydrogen) atoms. The van der Waals surface area contributed by atoms with Crippen LogP contribution in [0.1, 0.15) is 24.5 Å². The molecule has 0 radical (unpaired) electrons. The molecule has 0 aliphatic heterocycles. The molecule has 0 aromatic carbocycles. The summed E-state index contributed by atoms with van der Waals surface area (Å²) in [6.07, 6.45) is 2.68. The van der Waals surface area contributed by atoms with Gasteiger partial charge in [0.25, 0.3) is 0 Å². The first-order chi connectivity index (χ1) is 12.6. The standard InChI is InChI=1S/C18H24N6OS/c1-3-19-17(21-13-18(2,25)14-7-6-12-26-14)20-10-9-16-23-22-15-8-4-5-11-24(15)16/h4-8,11-12,25H,3,9-10,13H2,1-2H3,(H2,19,20,21). The highest BCUT2D eigenvalue weighted by Gasteiger charge is 2.23. The van der Waals surface area contributed by atoms with Gasteiger partial charge in [-0.15, -0.1) is 21.5 Å². The van der Waals surface area contributed by atoms with E-state index < -0.39 is 5.60 Å². The number of hydrogen-bond acceptors (Lipinski definition) is 5. The third-order valence-electron chi connectivity index (χ3n) is 3.97. The van der Waals surface area contributed by atoms with Crippen LogP contribution in [0.25, 0.3) is 5.65 Å². The highest BCUT2D eigenvalue weighted by atomic mass is 32.1. The van der Waals surface area contributed by atoms with Crippen molar-refractivity contribution >= 4 is 22.9 Å². The van der Waals surface area contributed by atoms with E-state index in [9.17, 15) is 5.11 Å². The molecule has 1 unspecified atom stereocenters. The van der Waals surface area contributed by atoms with E-state index in [-0.39, 0.29) is 6.54 Å². The molecular weight excluding hydrogens is 348 g/mol. The van der Waals surface area contributed by atoms with E-state index in [4.69, 9.17) is 0 Å². The molecule has 7 nitrogen and oxygen atoms in total. The van der Waals surface area contributed by atoms with Gasteiger partial charge in [-0.25, -0.2) is 4.99 Å². The largest absolute Gasteiger partial charge is 0.383 e. The summed E-state index contributed by atoms with van der Waals surface area (Å²) in [4.78, 5) is 5.44. The first-order valence-electron chi connectivity index (χ1n) is 8.67. The quantitative estimate of drug-likeness (QED) is 0.435. The molecule has 0 amide bonds. The van der Waals surface area contributed by atoms with E-state index >= 15 is 0 Å². The molecule has 3 rings (SSSR count). The number of aliphatic imine (C=N–C) groups is 1. The molecule has 3 aromatic heterocycles. The number of fused-ring (bicyclic) bond motifs is 1. The van der Waals surface area contributed by atoms with Crippen molar-refractivity contribution in [2.45, 2.75) is 25.9 Å². The van der Waals surface area contributed by atoms with Gasteiger partial charge in [-0.05, 0) is 37.4 Å². The van der Waals surface area contributed by atoms with Crippen molar-refractivity contribution < 1.29 is 5.11 Å². The molecular formula is C18H24N6OS. The number of guanidine groups is 1. The molecule has 3 aromatic rings. The van der Waals surface area contributed by atoms with E-state index in [0.29, 0.717) is 12.5 Å². The Balaban J connectivity index is 1.59. The summed E-state index contributed by atoms with van der Waals surface area (Å²) >= 11 is 1.53. The Morgan fingerprint density at radius 3 is 2.92 bits per heavy atom. The van der Waals surface area contributed by atoms with Crippen molar-refractivity contribution in [1.82, 2.24) is 25.2 Å². The van der Waals surface area contributed by atoms with Crippen molar-refractivity contribution in [3.05, 3.63) is 52.6 Å². The van der Waals surface area contributed by atoms with Gasteiger partial charge in [0.15, 0.2) is 11.6 Å². The summed E-state index contributed by atoms with van der Waals surface area (Å²) in [5, 5.41) is 27.5. The van der Waals surface area contributed by atoms with Crippen molar-refractivity contribution in [2.24, 2.45) is 4.99 Å². The molecule has 1 atom stereocenters. The predicted octanol–water partition coefficient (Wildman–Crippen LogP) is 1.80. The average molecular weight is 372 g/mol. The van der Waals surface area contributed by atoms with E-state index in [2.05, 4.69) is 25.8 Å². The molecule has 3 N–H and O–H groups in total. The molecule has 138 valence electrons. The van der Waals surface area contributed by atoms with Crippen LogP contribution in [0.3, 0.4) is 0 Å². The van der Waals surface area contributed by atoms with Gasteiger partial charge >= 0.3 is 0 Å². The third-order valence-corrected chi connectivity index (χ3v) is 5.09. The number of rotatable bonds is 7. The molecule has 8 heteroatoms. The molecule has 0 aliphatic carbocycles. The predicted molar refractivity (Wildman–Crippen MR) is 105 cm³/mol. The second-order valence-electron chi connectivity index (χ2n) is 6.17. The monoisotopic (exact) mass is 372 g/mol. The van der Waals surface area contributed by atoms with Gasteiger partial charge in [-0.3, -0.25) is 4.40 Å². The highest BCUT2D eigenvalue weighted by molar-refractivity contribution is 7.10. The second kappa shape index (κ2) is 8.29. The van der Waals surface area contributed by atoms with Gasteiger partial charge in [0, 0.05) is 30.6 Å².